The van der Waals surface area contributed by atoms with Gasteiger partial charge < -0.3 is 5.73 Å². The van der Waals surface area contributed by atoms with Gasteiger partial charge in [0.15, 0.2) is 5.78 Å². The predicted molar refractivity (Wildman–Crippen MR) is 63.7 cm³/mol. The number of nitrogens with two attached hydrogens (primary N) is 1. The van der Waals surface area contributed by atoms with Crippen LogP contribution in [0.5, 0.6) is 0 Å². The first-order valence-electron chi connectivity index (χ1n) is 5.32. The minimum atomic E-state index is -0.476. The Labute approximate surface area is 102 Å². The monoisotopic (exact) mass is 285 g/mol. The molecular formula is C12H13BrFNO. The quantitative estimate of drug-likeness (QED) is 0.865. The Morgan fingerprint density at radius 3 is 2.88 bits per heavy atom. The summed E-state index contributed by atoms with van der Waals surface area (Å²) in [5, 5.41) is 0. The number of carbonyl (C=O) groups is 1. The SMILES string of the molecule is NC(CC(=O)c1cc(Br)ccc1F)C1CC1. The molecule has 1 aliphatic carbocycles. The summed E-state index contributed by atoms with van der Waals surface area (Å²) in [6.45, 7) is 0. The molecule has 0 amide bonds. The van der Waals surface area contributed by atoms with Crippen molar-refractivity contribution >= 4 is 21.7 Å². The molecule has 1 aliphatic rings. The van der Waals surface area contributed by atoms with E-state index in [1.165, 1.54) is 12.1 Å². The Morgan fingerprint density at radius 2 is 2.25 bits per heavy atom. The van der Waals surface area contributed by atoms with E-state index in [0.717, 1.165) is 12.8 Å². The van der Waals surface area contributed by atoms with Crippen LogP contribution in [0.2, 0.25) is 0 Å². The van der Waals surface area contributed by atoms with Gasteiger partial charge in [-0.2, -0.15) is 0 Å². The van der Waals surface area contributed by atoms with Gasteiger partial charge in [-0.1, -0.05) is 15.9 Å². The van der Waals surface area contributed by atoms with Crippen molar-refractivity contribution in [1.29, 1.82) is 0 Å². The fourth-order valence-corrected chi connectivity index (χ4v) is 2.09. The molecule has 0 aromatic heterocycles. The van der Waals surface area contributed by atoms with Crippen molar-refractivity contribution in [3.8, 4) is 0 Å². The molecule has 0 radical (unpaired) electrons. The highest BCUT2D eigenvalue weighted by Crippen LogP contribution is 2.33. The third-order valence-electron chi connectivity index (χ3n) is 2.88. The number of carbonyl (C=O) groups excluding carboxylic acids is 1. The third kappa shape index (κ3) is 2.68. The Balaban J connectivity index is 2.10. The largest absolute Gasteiger partial charge is 0.327 e. The lowest BCUT2D eigenvalue weighted by Crippen LogP contribution is -2.26. The number of benzene rings is 1. The van der Waals surface area contributed by atoms with Gasteiger partial charge in [0, 0.05) is 16.9 Å². The van der Waals surface area contributed by atoms with Crippen molar-refractivity contribution in [2.45, 2.75) is 25.3 Å². The van der Waals surface area contributed by atoms with Gasteiger partial charge in [-0.25, -0.2) is 4.39 Å². The second kappa shape index (κ2) is 4.63. The molecule has 1 atom stereocenters. The predicted octanol–water partition coefficient (Wildman–Crippen LogP) is 2.90. The van der Waals surface area contributed by atoms with E-state index >= 15 is 0 Å². The van der Waals surface area contributed by atoms with Gasteiger partial charge in [-0.15, -0.1) is 0 Å². The van der Waals surface area contributed by atoms with Crippen molar-refractivity contribution in [2.75, 3.05) is 0 Å². The highest BCUT2D eigenvalue weighted by Gasteiger charge is 2.30. The minimum absolute atomic E-state index is 0.120. The van der Waals surface area contributed by atoms with Gasteiger partial charge in [-0.3, -0.25) is 4.79 Å². The molecule has 0 bridgehead atoms. The Kier molecular flexibility index (Phi) is 3.40. The average molecular weight is 286 g/mol. The summed E-state index contributed by atoms with van der Waals surface area (Å²) < 4.78 is 14.1. The maximum atomic E-state index is 13.4. The zero-order valence-corrected chi connectivity index (χ0v) is 10.3. The van der Waals surface area contributed by atoms with E-state index in [4.69, 9.17) is 5.73 Å². The molecule has 0 spiro atoms. The number of halogens is 2. The van der Waals surface area contributed by atoms with E-state index in [1.54, 1.807) is 6.07 Å². The van der Waals surface area contributed by atoms with E-state index < -0.39 is 5.82 Å². The first-order valence-corrected chi connectivity index (χ1v) is 6.11. The zero-order valence-electron chi connectivity index (χ0n) is 8.75. The van der Waals surface area contributed by atoms with Crippen molar-refractivity contribution in [1.82, 2.24) is 0 Å². The molecule has 1 saturated carbocycles. The average Bonchev–Trinajstić information content (AvgIpc) is 3.04. The second-order valence-electron chi connectivity index (χ2n) is 4.25. The normalized spacial score (nSPS) is 17.2. The van der Waals surface area contributed by atoms with Crippen LogP contribution >= 0.6 is 15.9 Å². The molecule has 86 valence electrons. The summed E-state index contributed by atoms with van der Waals surface area (Å²) in [7, 11) is 0. The van der Waals surface area contributed by atoms with Crippen LogP contribution in [0, 0.1) is 11.7 Å². The second-order valence-corrected chi connectivity index (χ2v) is 5.17. The number of Topliss-reactive ketones (excluding diaryl/α,β-unsaturated/α-hetero) is 1. The first-order chi connectivity index (χ1) is 7.58. The van der Waals surface area contributed by atoms with Crippen LogP contribution in [0.4, 0.5) is 4.39 Å². The van der Waals surface area contributed by atoms with E-state index in [0.29, 0.717) is 10.4 Å². The maximum absolute atomic E-state index is 13.4. The molecule has 2 nitrogen and oxygen atoms in total. The van der Waals surface area contributed by atoms with Gasteiger partial charge in [0.2, 0.25) is 0 Å². The summed E-state index contributed by atoms with van der Waals surface area (Å²) in [6, 6.07) is 4.26. The lowest BCUT2D eigenvalue weighted by molar-refractivity contribution is 0.0967. The minimum Gasteiger partial charge on any atom is -0.327 e. The number of ketones is 1. The third-order valence-corrected chi connectivity index (χ3v) is 3.37. The molecule has 1 aromatic carbocycles. The summed E-state index contributed by atoms with van der Waals surface area (Å²) in [6.07, 6.45) is 2.42. The van der Waals surface area contributed by atoms with Crippen LogP contribution in [-0.4, -0.2) is 11.8 Å². The summed E-state index contributed by atoms with van der Waals surface area (Å²) in [5.41, 5.74) is 5.98. The maximum Gasteiger partial charge on any atom is 0.167 e. The summed E-state index contributed by atoms with van der Waals surface area (Å²) >= 11 is 3.22. The zero-order chi connectivity index (χ0) is 11.7. The molecule has 4 heteroatoms. The van der Waals surface area contributed by atoms with Crippen LogP contribution in [0.1, 0.15) is 29.6 Å². The standard InChI is InChI=1S/C12H13BrFNO/c13-8-3-4-10(14)9(5-8)12(16)6-11(15)7-1-2-7/h3-5,7,11H,1-2,6,15H2. The van der Waals surface area contributed by atoms with E-state index in [9.17, 15) is 9.18 Å². The molecule has 2 N–H and O–H groups in total. The van der Waals surface area contributed by atoms with Crippen molar-refractivity contribution in [3.63, 3.8) is 0 Å². The Bertz CT molecular complexity index is 417. The lowest BCUT2D eigenvalue weighted by Gasteiger charge is -2.09. The fraction of sp³-hybridized carbons (Fsp3) is 0.417. The molecule has 1 fully saturated rings. The van der Waals surface area contributed by atoms with E-state index in [1.807, 2.05) is 0 Å². The van der Waals surface area contributed by atoms with Crippen LogP contribution < -0.4 is 5.73 Å². The van der Waals surface area contributed by atoms with E-state index in [2.05, 4.69) is 15.9 Å². The van der Waals surface area contributed by atoms with Gasteiger partial charge in [0.1, 0.15) is 5.82 Å². The topological polar surface area (TPSA) is 43.1 Å². The molecule has 1 unspecified atom stereocenters. The van der Waals surface area contributed by atoms with Crippen molar-refractivity contribution in [2.24, 2.45) is 11.7 Å². The number of rotatable bonds is 4. The molecule has 0 saturated heterocycles. The first kappa shape index (κ1) is 11.7. The van der Waals surface area contributed by atoms with Gasteiger partial charge in [0.05, 0.1) is 5.56 Å². The van der Waals surface area contributed by atoms with E-state index in [-0.39, 0.29) is 23.8 Å². The molecule has 2 rings (SSSR count). The van der Waals surface area contributed by atoms with Crippen LogP contribution in [-0.2, 0) is 0 Å². The molecule has 0 heterocycles. The molecule has 0 aliphatic heterocycles. The Hall–Kier alpha value is -0.740. The number of hydrogen-bond donors (Lipinski definition) is 1. The highest BCUT2D eigenvalue weighted by molar-refractivity contribution is 9.10. The Morgan fingerprint density at radius 1 is 1.56 bits per heavy atom. The smallest absolute Gasteiger partial charge is 0.167 e. The van der Waals surface area contributed by atoms with Crippen LogP contribution in [0.3, 0.4) is 0 Å². The molecular weight excluding hydrogens is 273 g/mol. The van der Waals surface area contributed by atoms with Gasteiger partial charge in [-0.05, 0) is 37.0 Å². The molecule has 1 aromatic rings. The van der Waals surface area contributed by atoms with Crippen molar-refractivity contribution < 1.29 is 9.18 Å². The van der Waals surface area contributed by atoms with Gasteiger partial charge in [0.25, 0.3) is 0 Å². The van der Waals surface area contributed by atoms with Crippen LogP contribution in [0.15, 0.2) is 22.7 Å². The number of hydrogen-bond acceptors (Lipinski definition) is 2. The summed E-state index contributed by atoms with van der Waals surface area (Å²) in [5.74, 6) is -0.228. The van der Waals surface area contributed by atoms with Crippen molar-refractivity contribution in [3.05, 3.63) is 34.1 Å². The van der Waals surface area contributed by atoms with Gasteiger partial charge >= 0.3 is 0 Å². The highest BCUT2D eigenvalue weighted by atomic mass is 79.9. The lowest BCUT2D eigenvalue weighted by atomic mass is 10.0. The van der Waals surface area contributed by atoms with Crippen LogP contribution in [0.25, 0.3) is 0 Å². The molecule has 16 heavy (non-hydrogen) atoms. The summed E-state index contributed by atoms with van der Waals surface area (Å²) in [4.78, 5) is 11.8. The fourth-order valence-electron chi connectivity index (χ4n) is 1.73.